The Kier molecular flexibility index (Phi) is 4.97. The van der Waals surface area contributed by atoms with Crippen LogP contribution in [0.2, 0.25) is 0 Å². The lowest BCUT2D eigenvalue weighted by Crippen LogP contribution is -2.24. The third-order valence-corrected chi connectivity index (χ3v) is 4.10. The van der Waals surface area contributed by atoms with Crippen molar-refractivity contribution in [2.45, 2.75) is 45.6 Å². The van der Waals surface area contributed by atoms with Gasteiger partial charge >= 0.3 is 0 Å². The number of hydrogen-bond acceptors (Lipinski definition) is 2. The molecule has 0 aromatic heterocycles. The van der Waals surface area contributed by atoms with Gasteiger partial charge in [0.1, 0.15) is 0 Å². The van der Waals surface area contributed by atoms with Crippen molar-refractivity contribution >= 4 is 5.91 Å². The lowest BCUT2D eigenvalue weighted by atomic mass is 9.89. The number of primary amides is 1. The third-order valence-electron chi connectivity index (χ3n) is 4.10. The number of hydrogen-bond donors (Lipinski definition) is 2. The predicted molar refractivity (Wildman–Crippen MR) is 78.0 cm³/mol. The van der Waals surface area contributed by atoms with Crippen LogP contribution in [0.5, 0.6) is 0 Å². The number of amides is 1. The van der Waals surface area contributed by atoms with Gasteiger partial charge in [-0.1, -0.05) is 25.3 Å². The van der Waals surface area contributed by atoms with E-state index in [1.807, 2.05) is 25.1 Å². The van der Waals surface area contributed by atoms with Crippen molar-refractivity contribution in [3.63, 3.8) is 0 Å². The fraction of sp³-hybridized carbons (Fsp3) is 0.562. The minimum Gasteiger partial charge on any atom is -0.366 e. The first-order valence-electron chi connectivity index (χ1n) is 7.27. The maximum Gasteiger partial charge on any atom is 0.248 e. The highest BCUT2D eigenvalue weighted by Gasteiger charge is 2.12. The van der Waals surface area contributed by atoms with Crippen LogP contribution >= 0.6 is 0 Å². The van der Waals surface area contributed by atoms with Gasteiger partial charge in [0.15, 0.2) is 0 Å². The Balaban J connectivity index is 1.83. The second kappa shape index (κ2) is 6.71. The van der Waals surface area contributed by atoms with Gasteiger partial charge in [-0.2, -0.15) is 0 Å². The number of carbonyl (C=O) groups excluding carboxylic acids is 1. The van der Waals surface area contributed by atoms with Crippen LogP contribution in [0.1, 0.15) is 53.6 Å². The third kappa shape index (κ3) is 4.06. The molecule has 0 atom stereocenters. The molecule has 1 aromatic rings. The van der Waals surface area contributed by atoms with E-state index in [0.29, 0.717) is 5.56 Å². The highest BCUT2D eigenvalue weighted by molar-refractivity contribution is 5.93. The molecule has 0 aliphatic heterocycles. The van der Waals surface area contributed by atoms with Gasteiger partial charge in [0.2, 0.25) is 5.91 Å². The number of benzene rings is 1. The molecule has 1 fully saturated rings. The zero-order valence-electron chi connectivity index (χ0n) is 11.7. The van der Waals surface area contributed by atoms with Gasteiger partial charge in [0.25, 0.3) is 0 Å². The molecular weight excluding hydrogens is 236 g/mol. The lowest BCUT2D eigenvalue weighted by Gasteiger charge is -2.22. The molecule has 1 amide bonds. The summed E-state index contributed by atoms with van der Waals surface area (Å²) in [6.45, 7) is 4.02. The van der Waals surface area contributed by atoms with Crippen molar-refractivity contribution in [2.75, 3.05) is 6.54 Å². The molecule has 3 nitrogen and oxygen atoms in total. The van der Waals surface area contributed by atoms with Gasteiger partial charge in [-0.05, 0) is 55.5 Å². The van der Waals surface area contributed by atoms with Gasteiger partial charge in [-0.15, -0.1) is 0 Å². The van der Waals surface area contributed by atoms with Crippen molar-refractivity contribution in [3.05, 3.63) is 34.9 Å². The Labute approximate surface area is 115 Å². The zero-order valence-corrected chi connectivity index (χ0v) is 11.7. The summed E-state index contributed by atoms with van der Waals surface area (Å²) in [5.74, 6) is 0.490. The number of rotatable bonds is 5. The van der Waals surface area contributed by atoms with Gasteiger partial charge in [0, 0.05) is 12.1 Å². The summed E-state index contributed by atoms with van der Waals surface area (Å²) in [5.41, 5.74) is 8.25. The van der Waals surface area contributed by atoms with E-state index in [9.17, 15) is 4.79 Å². The highest BCUT2D eigenvalue weighted by Crippen LogP contribution is 2.22. The molecule has 0 bridgehead atoms. The maximum absolute atomic E-state index is 11.1. The van der Waals surface area contributed by atoms with E-state index in [2.05, 4.69) is 5.32 Å². The van der Waals surface area contributed by atoms with Crippen LogP contribution in [-0.4, -0.2) is 12.5 Å². The van der Waals surface area contributed by atoms with Crippen molar-refractivity contribution in [1.82, 2.24) is 5.32 Å². The molecule has 2 rings (SSSR count). The second-order valence-electron chi connectivity index (χ2n) is 5.64. The summed E-state index contributed by atoms with van der Waals surface area (Å²) in [6.07, 6.45) is 6.92. The Bertz CT molecular complexity index is 436. The van der Waals surface area contributed by atoms with Gasteiger partial charge in [0.05, 0.1) is 0 Å². The first-order chi connectivity index (χ1) is 9.16. The molecule has 1 aliphatic carbocycles. The standard InChI is InChI=1S/C16H24N2O/c1-12-9-14(16(17)19)7-8-15(12)11-18-10-13-5-3-2-4-6-13/h7-9,13,18H,2-6,10-11H2,1H3,(H2,17,19). The largest absolute Gasteiger partial charge is 0.366 e. The van der Waals surface area contributed by atoms with Crippen molar-refractivity contribution < 1.29 is 4.79 Å². The van der Waals surface area contributed by atoms with E-state index >= 15 is 0 Å². The zero-order chi connectivity index (χ0) is 13.7. The molecule has 1 aromatic carbocycles. The quantitative estimate of drug-likeness (QED) is 0.855. The Morgan fingerprint density at radius 3 is 2.68 bits per heavy atom. The topological polar surface area (TPSA) is 55.1 Å². The van der Waals surface area contributed by atoms with E-state index in [1.165, 1.54) is 37.7 Å². The highest BCUT2D eigenvalue weighted by atomic mass is 16.1. The van der Waals surface area contributed by atoms with Gasteiger partial charge in [-0.3, -0.25) is 4.79 Å². The van der Waals surface area contributed by atoms with Crippen LogP contribution < -0.4 is 11.1 Å². The molecule has 1 aliphatic rings. The Hall–Kier alpha value is -1.35. The van der Waals surface area contributed by atoms with Crippen LogP contribution in [0.15, 0.2) is 18.2 Å². The number of carbonyl (C=O) groups is 1. The molecule has 1 saturated carbocycles. The van der Waals surface area contributed by atoms with Crippen LogP contribution in [0.25, 0.3) is 0 Å². The fourth-order valence-electron chi connectivity index (χ4n) is 2.85. The van der Waals surface area contributed by atoms with E-state index in [4.69, 9.17) is 5.73 Å². The fourth-order valence-corrected chi connectivity index (χ4v) is 2.85. The van der Waals surface area contributed by atoms with Crippen molar-refractivity contribution in [3.8, 4) is 0 Å². The Morgan fingerprint density at radius 1 is 1.32 bits per heavy atom. The van der Waals surface area contributed by atoms with Crippen LogP contribution in [0.4, 0.5) is 0 Å². The minimum atomic E-state index is -0.357. The van der Waals surface area contributed by atoms with Gasteiger partial charge in [-0.25, -0.2) is 0 Å². The molecule has 19 heavy (non-hydrogen) atoms. The summed E-state index contributed by atoms with van der Waals surface area (Å²) in [7, 11) is 0. The predicted octanol–water partition coefficient (Wildman–Crippen LogP) is 2.76. The number of nitrogens with two attached hydrogens (primary N) is 1. The molecule has 0 saturated heterocycles. The first kappa shape index (κ1) is 14.1. The minimum absolute atomic E-state index is 0.357. The average molecular weight is 260 g/mol. The van der Waals surface area contributed by atoms with Crippen LogP contribution in [0.3, 0.4) is 0 Å². The summed E-state index contributed by atoms with van der Waals surface area (Å²) >= 11 is 0. The van der Waals surface area contributed by atoms with Crippen LogP contribution in [-0.2, 0) is 6.54 Å². The molecule has 0 radical (unpaired) electrons. The van der Waals surface area contributed by atoms with E-state index in [-0.39, 0.29) is 5.91 Å². The maximum atomic E-state index is 11.1. The molecule has 0 heterocycles. The molecule has 0 unspecified atom stereocenters. The molecule has 0 spiro atoms. The SMILES string of the molecule is Cc1cc(C(N)=O)ccc1CNCC1CCCCC1. The lowest BCUT2D eigenvalue weighted by molar-refractivity contribution is 0.1000. The monoisotopic (exact) mass is 260 g/mol. The molecule has 3 heteroatoms. The van der Waals surface area contributed by atoms with Crippen molar-refractivity contribution in [2.24, 2.45) is 11.7 Å². The number of nitrogens with one attached hydrogen (secondary N) is 1. The van der Waals surface area contributed by atoms with E-state index in [1.54, 1.807) is 0 Å². The normalized spacial score (nSPS) is 16.5. The second-order valence-corrected chi connectivity index (χ2v) is 5.64. The van der Waals surface area contributed by atoms with Crippen molar-refractivity contribution in [1.29, 1.82) is 0 Å². The average Bonchev–Trinajstić information content (AvgIpc) is 2.41. The number of aryl methyl sites for hydroxylation is 1. The summed E-state index contributed by atoms with van der Waals surface area (Å²) in [4.78, 5) is 11.1. The molecule has 104 valence electrons. The smallest absolute Gasteiger partial charge is 0.248 e. The van der Waals surface area contributed by atoms with Crippen LogP contribution in [0, 0.1) is 12.8 Å². The van der Waals surface area contributed by atoms with Gasteiger partial charge < -0.3 is 11.1 Å². The molecular formula is C16H24N2O. The molecule has 3 N–H and O–H groups in total. The first-order valence-corrected chi connectivity index (χ1v) is 7.27. The van der Waals surface area contributed by atoms with E-state index in [0.717, 1.165) is 24.6 Å². The summed E-state index contributed by atoms with van der Waals surface area (Å²) in [6, 6.07) is 5.69. The van der Waals surface area contributed by atoms with E-state index < -0.39 is 0 Å². The summed E-state index contributed by atoms with van der Waals surface area (Å²) in [5, 5.41) is 3.54. The Morgan fingerprint density at radius 2 is 2.05 bits per heavy atom. The summed E-state index contributed by atoms with van der Waals surface area (Å²) < 4.78 is 0.